The van der Waals surface area contributed by atoms with Gasteiger partial charge in [0.15, 0.2) is 0 Å². The minimum atomic E-state index is -0.232. The van der Waals surface area contributed by atoms with Crippen LogP contribution in [0.3, 0.4) is 0 Å². The van der Waals surface area contributed by atoms with Crippen molar-refractivity contribution in [2.24, 2.45) is 0 Å². The van der Waals surface area contributed by atoms with Crippen molar-refractivity contribution in [1.82, 2.24) is 9.80 Å². The predicted molar refractivity (Wildman–Crippen MR) is 107 cm³/mol. The molecule has 2 aliphatic rings. The summed E-state index contributed by atoms with van der Waals surface area (Å²) in [5, 5.41) is 9.43. The Kier molecular flexibility index (Phi) is 5.48. The number of hydrogen-bond acceptors (Lipinski definition) is 4. The number of hydrogen-bond donors (Lipinski definition) is 1. The molecule has 4 rings (SSSR count). The molecule has 1 saturated carbocycles. The van der Waals surface area contributed by atoms with Gasteiger partial charge in [0.25, 0.3) is 0 Å². The van der Waals surface area contributed by atoms with Crippen molar-refractivity contribution in [2.75, 3.05) is 37.6 Å². The van der Waals surface area contributed by atoms with Crippen LogP contribution in [0.5, 0.6) is 5.75 Å². The minimum Gasteiger partial charge on any atom is -0.508 e. The molecule has 148 valence electrons. The molecule has 0 aromatic heterocycles. The summed E-state index contributed by atoms with van der Waals surface area (Å²) in [5.74, 6) is 0.197. The largest absolute Gasteiger partial charge is 0.508 e. The van der Waals surface area contributed by atoms with Crippen molar-refractivity contribution in [3.8, 4) is 5.75 Å². The first-order chi connectivity index (χ1) is 13.6. The fourth-order valence-electron chi connectivity index (χ4n) is 3.73. The predicted octanol–water partition coefficient (Wildman–Crippen LogP) is 2.84. The van der Waals surface area contributed by atoms with Gasteiger partial charge in [-0.2, -0.15) is 0 Å². The number of carbonyl (C=O) groups excluding carboxylic acids is 1. The Labute approximate surface area is 165 Å². The number of phenols is 1. The lowest BCUT2D eigenvalue weighted by Crippen LogP contribution is -2.51. The third-order valence-corrected chi connectivity index (χ3v) is 5.55. The average Bonchev–Trinajstić information content (AvgIpc) is 3.55. The molecule has 1 saturated heterocycles. The normalized spacial score (nSPS) is 17.2. The van der Waals surface area contributed by atoms with Gasteiger partial charge in [-0.05, 0) is 54.8 Å². The van der Waals surface area contributed by atoms with Crippen LogP contribution in [0.25, 0.3) is 0 Å². The number of nitrogens with zero attached hydrogens (tertiary/aromatic N) is 3. The van der Waals surface area contributed by atoms with Gasteiger partial charge in [-0.3, -0.25) is 9.69 Å². The molecule has 5 nitrogen and oxygen atoms in total. The monoisotopic (exact) mass is 383 g/mol. The van der Waals surface area contributed by atoms with Crippen molar-refractivity contribution < 1.29 is 14.3 Å². The number of aromatic hydroxyl groups is 1. The van der Waals surface area contributed by atoms with E-state index in [1.807, 2.05) is 17.0 Å². The molecular weight excluding hydrogens is 357 g/mol. The van der Waals surface area contributed by atoms with Gasteiger partial charge >= 0.3 is 0 Å². The lowest BCUT2D eigenvalue weighted by Gasteiger charge is -2.37. The molecule has 2 fully saturated rings. The van der Waals surface area contributed by atoms with E-state index in [0.717, 1.165) is 37.2 Å². The zero-order chi connectivity index (χ0) is 19.5. The highest BCUT2D eigenvalue weighted by Gasteiger charge is 2.32. The summed E-state index contributed by atoms with van der Waals surface area (Å²) in [5.41, 5.74) is 2.11. The van der Waals surface area contributed by atoms with Crippen LogP contribution in [-0.2, 0) is 11.3 Å². The van der Waals surface area contributed by atoms with Crippen LogP contribution >= 0.6 is 0 Å². The number of phenolic OH excluding ortho intramolecular Hbond substituents is 1. The van der Waals surface area contributed by atoms with E-state index in [0.29, 0.717) is 32.2 Å². The highest BCUT2D eigenvalue weighted by atomic mass is 19.1. The summed E-state index contributed by atoms with van der Waals surface area (Å²) >= 11 is 0. The lowest BCUT2D eigenvalue weighted by atomic mass is 10.2. The summed E-state index contributed by atoms with van der Waals surface area (Å²) in [6.45, 7) is 4.09. The van der Waals surface area contributed by atoms with Crippen LogP contribution < -0.4 is 4.90 Å². The average molecular weight is 383 g/mol. The van der Waals surface area contributed by atoms with E-state index in [9.17, 15) is 14.3 Å². The zero-order valence-corrected chi connectivity index (χ0v) is 15.9. The molecule has 0 bridgehead atoms. The Morgan fingerprint density at radius 1 is 1.00 bits per heavy atom. The summed E-state index contributed by atoms with van der Waals surface area (Å²) in [6, 6.07) is 14.2. The van der Waals surface area contributed by atoms with Gasteiger partial charge < -0.3 is 14.9 Å². The van der Waals surface area contributed by atoms with Gasteiger partial charge in [0, 0.05) is 44.5 Å². The van der Waals surface area contributed by atoms with Gasteiger partial charge in [-0.1, -0.05) is 12.1 Å². The number of amides is 1. The standard InChI is InChI=1S/C22H26FN3O2/c23-18-3-1-17(2-4-18)15-26(20-5-6-20)16-22(28)25-13-11-24(12-14-25)19-7-9-21(27)10-8-19/h1-4,7-10,20,27H,5-6,11-16H2. The third-order valence-electron chi connectivity index (χ3n) is 5.55. The smallest absolute Gasteiger partial charge is 0.236 e. The molecule has 2 aromatic rings. The zero-order valence-electron chi connectivity index (χ0n) is 15.9. The molecule has 0 atom stereocenters. The molecule has 28 heavy (non-hydrogen) atoms. The third kappa shape index (κ3) is 4.62. The number of anilines is 1. The second kappa shape index (κ2) is 8.19. The fourth-order valence-corrected chi connectivity index (χ4v) is 3.73. The van der Waals surface area contributed by atoms with Crippen LogP contribution in [0.1, 0.15) is 18.4 Å². The van der Waals surface area contributed by atoms with Crippen LogP contribution in [-0.4, -0.2) is 59.6 Å². The number of benzene rings is 2. The SMILES string of the molecule is O=C(CN(Cc1ccc(F)cc1)C1CC1)N1CCN(c2ccc(O)cc2)CC1. The number of piperazine rings is 1. The Balaban J connectivity index is 1.31. The van der Waals surface area contributed by atoms with Crippen molar-refractivity contribution >= 4 is 11.6 Å². The molecule has 0 radical (unpaired) electrons. The van der Waals surface area contributed by atoms with Gasteiger partial charge in [-0.25, -0.2) is 4.39 Å². The van der Waals surface area contributed by atoms with E-state index >= 15 is 0 Å². The Bertz CT molecular complexity index is 798. The van der Waals surface area contributed by atoms with Crippen LogP contribution in [0.4, 0.5) is 10.1 Å². The van der Waals surface area contributed by atoms with Crippen LogP contribution in [0.15, 0.2) is 48.5 Å². The first kappa shape index (κ1) is 18.7. The van der Waals surface area contributed by atoms with Crippen molar-refractivity contribution in [3.63, 3.8) is 0 Å². The first-order valence-electron chi connectivity index (χ1n) is 9.89. The Morgan fingerprint density at radius 2 is 1.64 bits per heavy atom. The van der Waals surface area contributed by atoms with E-state index in [1.54, 1.807) is 24.3 Å². The van der Waals surface area contributed by atoms with Crippen molar-refractivity contribution in [1.29, 1.82) is 0 Å². The molecule has 1 aliphatic carbocycles. The molecule has 0 unspecified atom stereocenters. The number of rotatable bonds is 6. The number of halogens is 1. The molecule has 2 aromatic carbocycles. The molecule has 6 heteroatoms. The molecule has 1 aliphatic heterocycles. The van der Waals surface area contributed by atoms with Crippen molar-refractivity contribution in [3.05, 3.63) is 59.9 Å². The van der Waals surface area contributed by atoms with Crippen molar-refractivity contribution in [2.45, 2.75) is 25.4 Å². The maximum absolute atomic E-state index is 13.1. The lowest BCUT2D eigenvalue weighted by molar-refractivity contribution is -0.133. The van der Waals surface area contributed by atoms with Gasteiger partial charge in [0.2, 0.25) is 5.91 Å². The Hall–Kier alpha value is -2.60. The van der Waals surface area contributed by atoms with E-state index in [1.165, 1.54) is 12.1 Å². The molecule has 1 amide bonds. The van der Waals surface area contributed by atoms with Gasteiger partial charge in [0.05, 0.1) is 6.54 Å². The quantitative estimate of drug-likeness (QED) is 0.833. The van der Waals surface area contributed by atoms with E-state index in [-0.39, 0.29) is 17.5 Å². The van der Waals surface area contributed by atoms with E-state index in [4.69, 9.17) is 0 Å². The highest BCUT2D eigenvalue weighted by molar-refractivity contribution is 5.78. The molecule has 1 heterocycles. The first-order valence-corrected chi connectivity index (χ1v) is 9.89. The summed E-state index contributed by atoms with van der Waals surface area (Å²) in [6.07, 6.45) is 2.26. The van der Waals surface area contributed by atoms with Gasteiger partial charge in [0.1, 0.15) is 11.6 Å². The maximum atomic E-state index is 13.1. The van der Waals surface area contributed by atoms with Gasteiger partial charge in [-0.15, -0.1) is 0 Å². The molecule has 1 N–H and O–H groups in total. The second-order valence-corrected chi connectivity index (χ2v) is 7.65. The summed E-state index contributed by atoms with van der Waals surface area (Å²) in [7, 11) is 0. The topological polar surface area (TPSA) is 47.0 Å². The minimum absolute atomic E-state index is 0.166. The molecule has 0 spiro atoms. The van der Waals surface area contributed by atoms with E-state index in [2.05, 4.69) is 9.80 Å². The fraction of sp³-hybridized carbons (Fsp3) is 0.409. The maximum Gasteiger partial charge on any atom is 0.236 e. The van der Waals surface area contributed by atoms with Crippen LogP contribution in [0, 0.1) is 5.82 Å². The Morgan fingerprint density at radius 3 is 2.25 bits per heavy atom. The second-order valence-electron chi connectivity index (χ2n) is 7.65. The summed E-state index contributed by atoms with van der Waals surface area (Å²) < 4.78 is 13.1. The van der Waals surface area contributed by atoms with E-state index < -0.39 is 0 Å². The summed E-state index contributed by atoms with van der Waals surface area (Å²) in [4.78, 5) is 19.2. The van der Waals surface area contributed by atoms with Crippen LogP contribution in [0.2, 0.25) is 0 Å². The number of carbonyl (C=O) groups is 1. The highest BCUT2D eigenvalue weighted by Crippen LogP contribution is 2.28. The molecular formula is C22H26FN3O2.